The predicted octanol–water partition coefficient (Wildman–Crippen LogP) is 2.19. The Kier molecular flexibility index (Phi) is 3.13. The summed E-state index contributed by atoms with van der Waals surface area (Å²) < 4.78 is 1.96. The fraction of sp³-hybridized carbons (Fsp3) is 0.0588. The van der Waals surface area contributed by atoms with Gasteiger partial charge in [-0.25, -0.2) is 15.0 Å². The zero-order valence-corrected chi connectivity index (χ0v) is 12.9. The van der Waals surface area contributed by atoms with Gasteiger partial charge in [0.1, 0.15) is 22.7 Å². The van der Waals surface area contributed by atoms with Crippen molar-refractivity contribution in [1.82, 2.24) is 24.3 Å². The summed E-state index contributed by atoms with van der Waals surface area (Å²) in [7, 11) is 0. The van der Waals surface area contributed by atoms with E-state index < -0.39 is 5.91 Å². The number of nitrogens with zero attached hydrogens (tertiary/aromatic N) is 4. The first kappa shape index (κ1) is 14.1. The van der Waals surface area contributed by atoms with Gasteiger partial charge < -0.3 is 15.1 Å². The third kappa shape index (κ3) is 2.23. The SMILES string of the molecule is Cc1cnc2ccc(-c3nc(C(N)=O)cnc3-c3ccc[nH]3)cn12. The molecule has 4 aromatic heterocycles. The number of nitrogens with one attached hydrogen (secondary N) is 1. The molecule has 0 aliphatic carbocycles. The molecule has 0 unspecified atom stereocenters. The summed E-state index contributed by atoms with van der Waals surface area (Å²) in [5, 5.41) is 0. The van der Waals surface area contributed by atoms with Gasteiger partial charge in [-0.2, -0.15) is 0 Å². The lowest BCUT2D eigenvalue weighted by Crippen LogP contribution is -2.14. The lowest BCUT2D eigenvalue weighted by atomic mass is 10.1. The van der Waals surface area contributed by atoms with Crippen LogP contribution in [0.2, 0.25) is 0 Å². The zero-order chi connectivity index (χ0) is 16.7. The minimum atomic E-state index is -0.610. The number of nitrogens with two attached hydrogens (primary N) is 1. The molecular weight excluding hydrogens is 304 g/mol. The van der Waals surface area contributed by atoms with Crippen LogP contribution in [0.25, 0.3) is 28.3 Å². The third-order valence-corrected chi connectivity index (χ3v) is 3.84. The molecule has 3 N–H and O–H groups in total. The Hall–Kier alpha value is -3.48. The lowest BCUT2D eigenvalue weighted by molar-refractivity contribution is 0.0995. The number of imidazole rings is 1. The highest BCUT2D eigenvalue weighted by molar-refractivity contribution is 5.92. The van der Waals surface area contributed by atoms with E-state index in [2.05, 4.69) is 19.9 Å². The first-order chi connectivity index (χ1) is 11.6. The Bertz CT molecular complexity index is 1050. The monoisotopic (exact) mass is 318 g/mol. The van der Waals surface area contributed by atoms with E-state index >= 15 is 0 Å². The van der Waals surface area contributed by atoms with E-state index in [0.717, 1.165) is 22.6 Å². The quantitative estimate of drug-likeness (QED) is 0.604. The van der Waals surface area contributed by atoms with E-state index in [-0.39, 0.29) is 5.69 Å². The van der Waals surface area contributed by atoms with Crippen LogP contribution < -0.4 is 5.73 Å². The molecule has 0 atom stereocenters. The minimum absolute atomic E-state index is 0.128. The number of hydrogen-bond donors (Lipinski definition) is 2. The van der Waals surface area contributed by atoms with Gasteiger partial charge in [-0.15, -0.1) is 0 Å². The van der Waals surface area contributed by atoms with Crippen LogP contribution in [0.3, 0.4) is 0 Å². The topological polar surface area (TPSA) is 102 Å². The number of aromatic nitrogens is 5. The van der Waals surface area contributed by atoms with Crippen LogP contribution in [-0.4, -0.2) is 30.2 Å². The summed E-state index contributed by atoms with van der Waals surface area (Å²) in [5.41, 5.74) is 10.2. The van der Waals surface area contributed by atoms with Crippen LogP contribution in [0.5, 0.6) is 0 Å². The molecule has 7 nitrogen and oxygen atoms in total. The van der Waals surface area contributed by atoms with Crippen molar-refractivity contribution in [2.24, 2.45) is 5.73 Å². The van der Waals surface area contributed by atoms with Gasteiger partial charge in [0, 0.05) is 29.8 Å². The van der Waals surface area contributed by atoms with E-state index in [1.54, 1.807) is 6.20 Å². The number of carbonyl (C=O) groups excluding carboxylic acids is 1. The van der Waals surface area contributed by atoms with Gasteiger partial charge in [-0.1, -0.05) is 0 Å². The Labute approximate surface area is 137 Å². The van der Waals surface area contributed by atoms with Crippen molar-refractivity contribution in [1.29, 1.82) is 0 Å². The van der Waals surface area contributed by atoms with Crippen molar-refractivity contribution in [3.05, 3.63) is 60.4 Å². The maximum absolute atomic E-state index is 11.5. The maximum Gasteiger partial charge on any atom is 0.268 e. The first-order valence-electron chi connectivity index (χ1n) is 7.38. The largest absolute Gasteiger partial charge is 0.364 e. The van der Waals surface area contributed by atoms with E-state index in [4.69, 9.17) is 5.73 Å². The Morgan fingerprint density at radius 3 is 2.79 bits per heavy atom. The number of rotatable bonds is 3. The number of H-pyrrole nitrogens is 1. The smallest absolute Gasteiger partial charge is 0.268 e. The zero-order valence-electron chi connectivity index (χ0n) is 12.9. The van der Waals surface area contributed by atoms with Gasteiger partial charge in [0.2, 0.25) is 0 Å². The average molecular weight is 318 g/mol. The van der Waals surface area contributed by atoms with Crippen LogP contribution in [0, 0.1) is 6.92 Å². The van der Waals surface area contributed by atoms with E-state index in [1.165, 1.54) is 6.20 Å². The highest BCUT2D eigenvalue weighted by Crippen LogP contribution is 2.28. The lowest BCUT2D eigenvalue weighted by Gasteiger charge is -2.09. The normalized spacial score (nSPS) is 11.0. The van der Waals surface area contributed by atoms with Gasteiger partial charge in [-0.05, 0) is 31.2 Å². The number of amides is 1. The second-order valence-electron chi connectivity index (χ2n) is 5.45. The molecule has 0 radical (unpaired) electrons. The summed E-state index contributed by atoms with van der Waals surface area (Å²) >= 11 is 0. The Balaban J connectivity index is 1.98. The molecule has 24 heavy (non-hydrogen) atoms. The fourth-order valence-corrected chi connectivity index (χ4v) is 2.63. The second kappa shape index (κ2) is 5.31. The summed E-state index contributed by atoms with van der Waals surface area (Å²) in [6.07, 6.45) is 6.93. The fourth-order valence-electron chi connectivity index (χ4n) is 2.63. The van der Waals surface area contributed by atoms with Crippen LogP contribution >= 0.6 is 0 Å². The number of fused-ring (bicyclic) bond motifs is 1. The molecule has 118 valence electrons. The molecule has 4 rings (SSSR count). The number of primary amides is 1. The summed E-state index contributed by atoms with van der Waals surface area (Å²) in [4.78, 5) is 27.8. The average Bonchev–Trinajstić information content (AvgIpc) is 3.24. The van der Waals surface area contributed by atoms with E-state index in [1.807, 2.05) is 48.0 Å². The van der Waals surface area contributed by atoms with Gasteiger partial charge in [0.15, 0.2) is 0 Å². The van der Waals surface area contributed by atoms with Crippen LogP contribution in [-0.2, 0) is 0 Å². The van der Waals surface area contributed by atoms with Crippen molar-refractivity contribution in [2.45, 2.75) is 6.92 Å². The van der Waals surface area contributed by atoms with Crippen molar-refractivity contribution >= 4 is 11.6 Å². The van der Waals surface area contributed by atoms with Gasteiger partial charge >= 0.3 is 0 Å². The van der Waals surface area contributed by atoms with E-state index in [9.17, 15) is 4.79 Å². The Morgan fingerprint density at radius 1 is 1.17 bits per heavy atom. The summed E-state index contributed by atoms with van der Waals surface area (Å²) in [5.74, 6) is -0.610. The molecule has 0 saturated heterocycles. The van der Waals surface area contributed by atoms with Gasteiger partial charge in [0.25, 0.3) is 5.91 Å². The van der Waals surface area contributed by atoms with Crippen molar-refractivity contribution in [3.63, 3.8) is 0 Å². The molecule has 0 aliphatic heterocycles. The molecule has 0 bridgehead atoms. The molecule has 0 fully saturated rings. The molecule has 0 spiro atoms. The molecule has 7 heteroatoms. The van der Waals surface area contributed by atoms with Crippen molar-refractivity contribution in [3.8, 4) is 22.6 Å². The van der Waals surface area contributed by atoms with Crippen molar-refractivity contribution < 1.29 is 4.79 Å². The number of carbonyl (C=O) groups is 1. The summed E-state index contributed by atoms with van der Waals surface area (Å²) in [6, 6.07) is 7.59. The highest BCUT2D eigenvalue weighted by Gasteiger charge is 2.15. The van der Waals surface area contributed by atoms with Gasteiger partial charge in [-0.3, -0.25) is 4.79 Å². The number of hydrogen-bond acceptors (Lipinski definition) is 4. The molecule has 4 aromatic rings. The molecular formula is C17H14N6O. The van der Waals surface area contributed by atoms with Crippen molar-refractivity contribution in [2.75, 3.05) is 0 Å². The molecule has 0 aromatic carbocycles. The first-order valence-corrected chi connectivity index (χ1v) is 7.38. The molecule has 0 saturated carbocycles. The maximum atomic E-state index is 11.5. The standard InChI is InChI=1S/C17H14N6O/c1-10-7-20-14-5-4-11(9-23(10)14)15-16(12-3-2-6-19-12)21-8-13(22-15)17(18)24/h2-9,19H,1H3,(H2,18,24). The van der Waals surface area contributed by atoms with Crippen LogP contribution in [0.4, 0.5) is 0 Å². The Morgan fingerprint density at radius 2 is 2.04 bits per heavy atom. The predicted molar refractivity (Wildman–Crippen MR) is 89.3 cm³/mol. The molecule has 4 heterocycles. The van der Waals surface area contributed by atoms with Crippen LogP contribution in [0.15, 0.2) is 49.1 Å². The number of aryl methyl sites for hydroxylation is 1. The minimum Gasteiger partial charge on any atom is -0.364 e. The van der Waals surface area contributed by atoms with E-state index in [0.29, 0.717) is 11.4 Å². The van der Waals surface area contributed by atoms with Crippen LogP contribution in [0.1, 0.15) is 16.2 Å². The molecule has 0 aliphatic rings. The number of pyridine rings is 1. The molecule has 1 amide bonds. The second-order valence-corrected chi connectivity index (χ2v) is 5.45. The number of aromatic amines is 1. The summed E-state index contributed by atoms with van der Waals surface area (Å²) in [6.45, 7) is 1.97. The highest BCUT2D eigenvalue weighted by atomic mass is 16.1. The third-order valence-electron chi connectivity index (χ3n) is 3.84. The van der Waals surface area contributed by atoms with Gasteiger partial charge in [0.05, 0.1) is 11.9 Å².